The minimum absolute atomic E-state index is 0.0109. The molecule has 5 heteroatoms. The number of carbonyl (C=O) groups excluding carboxylic acids is 2. The topological polar surface area (TPSA) is 49.4 Å². The zero-order valence-electron chi connectivity index (χ0n) is 9.44. The van der Waals surface area contributed by atoms with Crippen molar-refractivity contribution in [1.29, 1.82) is 0 Å². The van der Waals surface area contributed by atoms with E-state index in [2.05, 4.69) is 5.32 Å². The van der Waals surface area contributed by atoms with Crippen molar-refractivity contribution in [3.05, 3.63) is 29.3 Å². The lowest BCUT2D eigenvalue weighted by atomic mass is 9.99. The Bertz CT molecular complexity index is 456. The molecule has 1 aliphatic rings. The standard InChI is InChI=1S/C12H13ClN2O2/c1-8(16)15-6-9(7-15)12(17)14-11-4-2-3-10(13)5-11/h2-5,9H,6-7H2,1H3,(H,14,17). The van der Waals surface area contributed by atoms with Gasteiger partial charge in [-0.3, -0.25) is 9.59 Å². The minimum Gasteiger partial charge on any atom is -0.341 e. The van der Waals surface area contributed by atoms with Gasteiger partial charge in [-0.2, -0.15) is 0 Å². The fourth-order valence-corrected chi connectivity index (χ4v) is 1.90. The molecule has 0 aromatic heterocycles. The Balaban J connectivity index is 1.89. The Kier molecular flexibility index (Phi) is 3.33. The highest BCUT2D eigenvalue weighted by Gasteiger charge is 2.33. The number of hydrogen-bond acceptors (Lipinski definition) is 2. The van der Waals surface area contributed by atoms with E-state index >= 15 is 0 Å². The number of amides is 2. The summed E-state index contributed by atoms with van der Waals surface area (Å²) in [7, 11) is 0. The van der Waals surface area contributed by atoms with E-state index in [1.54, 1.807) is 29.2 Å². The smallest absolute Gasteiger partial charge is 0.231 e. The summed E-state index contributed by atoms with van der Waals surface area (Å²) in [5, 5.41) is 3.37. The fraction of sp³-hybridized carbons (Fsp3) is 0.333. The number of halogens is 1. The Morgan fingerprint density at radius 3 is 2.71 bits per heavy atom. The maximum Gasteiger partial charge on any atom is 0.231 e. The van der Waals surface area contributed by atoms with Gasteiger partial charge in [0.05, 0.1) is 5.92 Å². The second kappa shape index (κ2) is 4.75. The van der Waals surface area contributed by atoms with Gasteiger partial charge in [0, 0.05) is 30.7 Å². The molecular weight excluding hydrogens is 240 g/mol. The van der Waals surface area contributed by atoms with E-state index in [1.807, 2.05) is 0 Å². The highest BCUT2D eigenvalue weighted by atomic mass is 35.5. The molecule has 0 bridgehead atoms. The molecule has 1 aromatic carbocycles. The van der Waals surface area contributed by atoms with Crippen LogP contribution in [0.3, 0.4) is 0 Å². The molecular formula is C12H13ClN2O2. The van der Waals surface area contributed by atoms with Crippen LogP contribution in [-0.4, -0.2) is 29.8 Å². The van der Waals surface area contributed by atoms with Gasteiger partial charge in [0.1, 0.15) is 0 Å². The van der Waals surface area contributed by atoms with Crippen LogP contribution in [0.1, 0.15) is 6.92 Å². The molecule has 0 unspecified atom stereocenters. The highest BCUT2D eigenvalue weighted by molar-refractivity contribution is 6.30. The number of anilines is 1. The summed E-state index contributed by atoms with van der Waals surface area (Å²) >= 11 is 5.82. The first-order chi connectivity index (χ1) is 8.06. The van der Waals surface area contributed by atoms with Gasteiger partial charge in [0.15, 0.2) is 0 Å². The third-order valence-corrected chi connectivity index (χ3v) is 3.02. The molecule has 0 atom stereocenters. The molecule has 1 heterocycles. The molecule has 0 spiro atoms. The van der Waals surface area contributed by atoms with E-state index in [-0.39, 0.29) is 17.7 Å². The lowest BCUT2D eigenvalue weighted by molar-refractivity contribution is -0.139. The van der Waals surface area contributed by atoms with Crippen LogP contribution in [0.5, 0.6) is 0 Å². The summed E-state index contributed by atoms with van der Waals surface area (Å²) in [6.45, 7) is 2.51. The van der Waals surface area contributed by atoms with E-state index in [0.29, 0.717) is 23.8 Å². The van der Waals surface area contributed by atoms with E-state index in [4.69, 9.17) is 11.6 Å². The predicted octanol–water partition coefficient (Wildman–Crippen LogP) is 1.76. The summed E-state index contributed by atoms with van der Waals surface area (Å²) in [5.74, 6) is -0.167. The number of nitrogens with one attached hydrogen (secondary N) is 1. The largest absolute Gasteiger partial charge is 0.341 e. The van der Waals surface area contributed by atoms with Crippen LogP contribution < -0.4 is 5.32 Å². The number of nitrogens with zero attached hydrogens (tertiary/aromatic N) is 1. The maximum atomic E-state index is 11.8. The molecule has 1 aromatic rings. The van der Waals surface area contributed by atoms with Gasteiger partial charge in [0.2, 0.25) is 11.8 Å². The van der Waals surface area contributed by atoms with Crippen LogP contribution in [0, 0.1) is 5.92 Å². The summed E-state index contributed by atoms with van der Waals surface area (Å²) in [4.78, 5) is 24.4. The summed E-state index contributed by atoms with van der Waals surface area (Å²) in [6, 6.07) is 7.00. The molecule has 1 N–H and O–H groups in total. The lowest BCUT2D eigenvalue weighted by Crippen LogP contribution is -2.53. The van der Waals surface area contributed by atoms with E-state index in [1.165, 1.54) is 6.92 Å². The third-order valence-electron chi connectivity index (χ3n) is 2.79. The zero-order chi connectivity index (χ0) is 12.4. The molecule has 90 valence electrons. The van der Waals surface area contributed by atoms with Crippen molar-refractivity contribution in [2.45, 2.75) is 6.92 Å². The number of rotatable bonds is 2. The molecule has 17 heavy (non-hydrogen) atoms. The molecule has 4 nitrogen and oxygen atoms in total. The average Bonchev–Trinajstić information content (AvgIpc) is 2.13. The van der Waals surface area contributed by atoms with Gasteiger partial charge in [0.25, 0.3) is 0 Å². The van der Waals surface area contributed by atoms with Gasteiger partial charge < -0.3 is 10.2 Å². The summed E-state index contributed by atoms with van der Waals surface area (Å²) < 4.78 is 0. The zero-order valence-corrected chi connectivity index (χ0v) is 10.2. The molecule has 0 aliphatic carbocycles. The highest BCUT2D eigenvalue weighted by Crippen LogP contribution is 2.19. The van der Waals surface area contributed by atoms with Crippen LogP contribution in [0.25, 0.3) is 0 Å². The first-order valence-electron chi connectivity index (χ1n) is 5.38. The Labute approximate surface area is 105 Å². The van der Waals surface area contributed by atoms with Crippen LogP contribution >= 0.6 is 11.6 Å². The number of carbonyl (C=O) groups is 2. The normalized spacial score (nSPS) is 15.3. The number of likely N-dealkylation sites (tertiary alicyclic amines) is 1. The first-order valence-corrected chi connectivity index (χ1v) is 5.76. The van der Waals surface area contributed by atoms with Crippen LogP contribution in [0.4, 0.5) is 5.69 Å². The Morgan fingerprint density at radius 1 is 1.41 bits per heavy atom. The minimum atomic E-state index is -0.113. The van der Waals surface area contributed by atoms with Gasteiger partial charge in [-0.25, -0.2) is 0 Å². The molecule has 1 aliphatic heterocycles. The van der Waals surface area contributed by atoms with Crippen LogP contribution in [-0.2, 0) is 9.59 Å². The van der Waals surface area contributed by atoms with Crippen molar-refractivity contribution in [3.8, 4) is 0 Å². The molecule has 0 saturated carbocycles. The van der Waals surface area contributed by atoms with Gasteiger partial charge in [-0.05, 0) is 18.2 Å². The molecule has 2 amide bonds. The molecule has 0 radical (unpaired) electrons. The molecule has 1 fully saturated rings. The van der Waals surface area contributed by atoms with Gasteiger partial charge >= 0.3 is 0 Å². The maximum absolute atomic E-state index is 11.8. The van der Waals surface area contributed by atoms with E-state index < -0.39 is 0 Å². The number of benzene rings is 1. The monoisotopic (exact) mass is 252 g/mol. The van der Waals surface area contributed by atoms with Crippen LogP contribution in [0.2, 0.25) is 5.02 Å². The summed E-state index contributed by atoms with van der Waals surface area (Å²) in [6.07, 6.45) is 0. The fourth-order valence-electron chi connectivity index (χ4n) is 1.71. The third kappa shape index (κ3) is 2.77. The van der Waals surface area contributed by atoms with Crippen molar-refractivity contribution in [1.82, 2.24) is 4.90 Å². The second-order valence-corrected chi connectivity index (χ2v) is 4.56. The first kappa shape index (κ1) is 11.9. The van der Waals surface area contributed by atoms with Crippen molar-refractivity contribution in [2.24, 2.45) is 5.92 Å². The number of hydrogen-bond donors (Lipinski definition) is 1. The van der Waals surface area contributed by atoms with E-state index in [0.717, 1.165) is 0 Å². The SMILES string of the molecule is CC(=O)N1CC(C(=O)Nc2cccc(Cl)c2)C1. The lowest BCUT2D eigenvalue weighted by Gasteiger charge is -2.37. The van der Waals surface area contributed by atoms with Crippen molar-refractivity contribution >= 4 is 29.1 Å². The van der Waals surface area contributed by atoms with Crippen molar-refractivity contribution in [3.63, 3.8) is 0 Å². The van der Waals surface area contributed by atoms with Crippen molar-refractivity contribution in [2.75, 3.05) is 18.4 Å². The van der Waals surface area contributed by atoms with Crippen molar-refractivity contribution < 1.29 is 9.59 Å². The Hall–Kier alpha value is -1.55. The predicted molar refractivity (Wildman–Crippen MR) is 65.8 cm³/mol. The van der Waals surface area contributed by atoms with E-state index in [9.17, 15) is 9.59 Å². The van der Waals surface area contributed by atoms with Gasteiger partial charge in [-0.1, -0.05) is 17.7 Å². The summed E-state index contributed by atoms with van der Waals surface area (Å²) in [5.41, 5.74) is 0.684. The Morgan fingerprint density at radius 2 is 2.12 bits per heavy atom. The second-order valence-electron chi connectivity index (χ2n) is 4.12. The molecule has 2 rings (SSSR count). The average molecular weight is 253 g/mol. The van der Waals surface area contributed by atoms with Gasteiger partial charge in [-0.15, -0.1) is 0 Å². The molecule has 1 saturated heterocycles. The van der Waals surface area contributed by atoms with Crippen LogP contribution in [0.15, 0.2) is 24.3 Å². The quantitative estimate of drug-likeness (QED) is 0.872.